The quantitative estimate of drug-likeness (QED) is 0.788. The average molecular weight is 378 g/mol. The number of carbonyl (C=O) groups excluding carboxylic acids is 1. The van der Waals surface area contributed by atoms with E-state index in [0.717, 1.165) is 16.9 Å². The van der Waals surface area contributed by atoms with Gasteiger partial charge in [-0.15, -0.1) is 0 Å². The molecule has 0 aliphatic carbocycles. The molecule has 2 aromatic carbocycles. The third-order valence-corrected chi connectivity index (χ3v) is 4.98. The van der Waals surface area contributed by atoms with Gasteiger partial charge in [0.2, 0.25) is 0 Å². The smallest absolute Gasteiger partial charge is 0.255 e. The third-order valence-electron chi connectivity index (χ3n) is 4.37. The van der Waals surface area contributed by atoms with Gasteiger partial charge in [0.05, 0.1) is 17.1 Å². The Hall–Kier alpha value is -1.88. The molecule has 0 aromatic heterocycles. The number of nitrogens with zero attached hydrogens (tertiary/aromatic N) is 1. The van der Waals surface area contributed by atoms with Gasteiger partial charge >= 0.3 is 0 Å². The van der Waals surface area contributed by atoms with Crippen LogP contribution in [0, 0.1) is 5.82 Å². The van der Waals surface area contributed by atoms with Crippen LogP contribution in [0.2, 0.25) is 0 Å². The van der Waals surface area contributed by atoms with Crippen LogP contribution in [0.3, 0.4) is 0 Å². The summed E-state index contributed by atoms with van der Waals surface area (Å²) in [5.74, 6) is 0.210. The second-order valence-electron chi connectivity index (χ2n) is 6.11. The van der Waals surface area contributed by atoms with Gasteiger partial charge in [0.1, 0.15) is 11.6 Å². The lowest BCUT2D eigenvalue weighted by atomic mass is 9.93. The van der Waals surface area contributed by atoms with E-state index in [1.807, 2.05) is 38.1 Å². The Morgan fingerprint density at radius 3 is 2.48 bits per heavy atom. The summed E-state index contributed by atoms with van der Waals surface area (Å²) in [4.78, 5) is 14.5. The van der Waals surface area contributed by atoms with Crippen molar-refractivity contribution in [2.75, 3.05) is 7.11 Å². The Morgan fingerprint density at radius 2 is 1.87 bits per heavy atom. The predicted molar refractivity (Wildman–Crippen MR) is 90.0 cm³/mol. The van der Waals surface area contributed by atoms with Crippen molar-refractivity contribution in [3.8, 4) is 5.75 Å². The Morgan fingerprint density at radius 1 is 1.22 bits per heavy atom. The molecule has 3 rings (SSSR count). The highest BCUT2D eigenvalue weighted by Gasteiger charge is 2.43. The molecule has 1 amide bonds. The minimum atomic E-state index is -0.497. The number of hydrogen-bond acceptors (Lipinski definition) is 2. The zero-order chi connectivity index (χ0) is 16.8. The molecule has 0 saturated heterocycles. The summed E-state index contributed by atoms with van der Waals surface area (Å²) in [5.41, 5.74) is 1.77. The lowest BCUT2D eigenvalue weighted by molar-refractivity contribution is 0.0595. The second-order valence-corrected chi connectivity index (χ2v) is 6.96. The van der Waals surface area contributed by atoms with Gasteiger partial charge < -0.3 is 9.64 Å². The second kappa shape index (κ2) is 5.64. The molecular formula is C18H17BrFNO2. The molecule has 1 heterocycles. The van der Waals surface area contributed by atoms with Crippen LogP contribution in [0.25, 0.3) is 0 Å². The summed E-state index contributed by atoms with van der Waals surface area (Å²) in [5, 5.41) is 0. The van der Waals surface area contributed by atoms with Crippen molar-refractivity contribution in [1.29, 1.82) is 0 Å². The first-order chi connectivity index (χ1) is 10.8. The number of rotatable bonds is 3. The van der Waals surface area contributed by atoms with E-state index in [1.165, 1.54) is 6.07 Å². The molecule has 1 aliphatic rings. The fourth-order valence-electron chi connectivity index (χ4n) is 2.96. The van der Waals surface area contributed by atoms with Gasteiger partial charge in [-0.1, -0.05) is 12.1 Å². The first-order valence-corrected chi connectivity index (χ1v) is 8.08. The number of halogens is 2. The maximum atomic E-state index is 13.8. The highest BCUT2D eigenvalue weighted by atomic mass is 79.9. The largest absolute Gasteiger partial charge is 0.497 e. The minimum Gasteiger partial charge on any atom is -0.497 e. The predicted octanol–water partition coefficient (Wildman–Crippen LogP) is 4.49. The van der Waals surface area contributed by atoms with Gasteiger partial charge in [-0.25, -0.2) is 4.39 Å². The molecule has 120 valence electrons. The van der Waals surface area contributed by atoms with Crippen LogP contribution in [0.4, 0.5) is 4.39 Å². The molecule has 23 heavy (non-hydrogen) atoms. The molecule has 0 unspecified atom stereocenters. The van der Waals surface area contributed by atoms with Gasteiger partial charge in [-0.05, 0) is 65.2 Å². The molecule has 0 spiro atoms. The number of carbonyl (C=O) groups is 1. The summed E-state index contributed by atoms with van der Waals surface area (Å²) >= 11 is 3.20. The van der Waals surface area contributed by atoms with E-state index in [1.54, 1.807) is 18.1 Å². The lowest BCUT2D eigenvalue weighted by Crippen LogP contribution is -2.38. The number of ether oxygens (including phenoxy) is 1. The van der Waals surface area contributed by atoms with E-state index in [2.05, 4.69) is 15.9 Å². The van der Waals surface area contributed by atoms with Gasteiger partial charge in [0.25, 0.3) is 5.91 Å². The van der Waals surface area contributed by atoms with Crippen LogP contribution in [0.15, 0.2) is 40.9 Å². The summed E-state index contributed by atoms with van der Waals surface area (Å²) in [6, 6.07) is 10.6. The van der Waals surface area contributed by atoms with Crippen molar-refractivity contribution < 1.29 is 13.9 Å². The van der Waals surface area contributed by atoms with Gasteiger partial charge in [0.15, 0.2) is 0 Å². The van der Waals surface area contributed by atoms with Crippen molar-refractivity contribution in [1.82, 2.24) is 4.90 Å². The van der Waals surface area contributed by atoms with Crippen molar-refractivity contribution >= 4 is 21.8 Å². The Kier molecular flexibility index (Phi) is 3.92. The molecule has 2 aromatic rings. The topological polar surface area (TPSA) is 29.5 Å². The zero-order valence-electron chi connectivity index (χ0n) is 13.2. The first kappa shape index (κ1) is 16.0. The van der Waals surface area contributed by atoms with E-state index in [4.69, 9.17) is 4.74 Å². The maximum absolute atomic E-state index is 13.8. The van der Waals surface area contributed by atoms with E-state index in [9.17, 15) is 9.18 Å². The first-order valence-electron chi connectivity index (χ1n) is 7.29. The molecule has 3 nitrogen and oxygen atoms in total. The van der Waals surface area contributed by atoms with Crippen molar-refractivity contribution in [2.45, 2.75) is 25.9 Å². The zero-order valence-corrected chi connectivity index (χ0v) is 14.8. The van der Waals surface area contributed by atoms with Crippen LogP contribution >= 0.6 is 15.9 Å². The van der Waals surface area contributed by atoms with E-state index in [-0.39, 0.29) is 5.91 Å². The molecular weight excluding hydrogens is 361 g/mol. The van der Waals surface area contributed by atoms with Crippen LogP contribution in [0.1, 0.15) is 35.3 Å². The summed E-state index contributed by atoms with van der Waals surface area (Å²) < 4.78 is 19.3. The van der Waals surface area contributed by atoms with Gasteiger partial charge in [0, 0.05) is 12.1 Å². The number of benzene rings is 2. The van der Waals surface area contributed by atoms with Crippen molar-refractivity contribution in [3.05, 3.63) is 63.4 Å². The van der Waals surface area contributed by atoms with Crippen molar-refractivity contribution in [2.24, 2.45) is 0 Å². The van der Waals surface area contributed by atoms with Crippen LogP contribution < -0.4 is 4.74 Å². The van der Waals surface area contributed by atoms with Crippen molar-refractivity contribution in [3.63, 3.8) is 0 Å². The van der Waals surface area contributed by atoms with Crippen LogP contribution in [0.5, 0.6) is 5.75 Å². The van der Waals surface area contributed by atoms with Gasteiger partial charge in [-0.2, -0.15) is 0 Å². The Bertz CT molecular complexity index is 771. The number of amides is 1. The molecule has 0 radical (unpaired) electrons. The van der Waals surface area contributed by atoms with Crippen LogP contribution in [-0.2, 0) is 12.1 Å². The van der Waals surface area contributed by atoms with E-state index in [0.29, 0.717) is 16.6 Å². The number of fused-ring (bicyclic) bond motifs is 1. The Labute approximate surface area is 143 Å². The average Bonchev–Trinajstić information content (AvgIpc) is 2.70. The molecule has 1 aliphatic heterocycles. The molecule has 0 fully saturated rings. The standard InChI is InChI=1S/C18H17BrFNO2/c1-18(2)14-9-15(19)16(20)8-13(14)17(22)21(18)10-11-4-6-12(23-3)7-5-11/h4-9H,10H2,1-3H3. The highest BCUT2D eigenvalue weighted by Crippen LogP contribution is 2.41. The molecule has 5 heteroatoms. The van der Waals surface area contributed by atoms with Crippen LogP contribution in [-0.4, -0.2) is 17.9 Å². The van der Waals surface area contributed by atoms with Gasteiger partial charge in [-0.3, -0.25) is 4.79 Å². The lowest BCUT2D eigenvalue weighted by Gasteiger charge is -2.32. The number of methoxy groups -OCH3 is 1. The number of hydrogen-bond donors (Lipinski definition) is 0. The Balaban J connectivity index is 1.96. The fraction of sp³-hybridized carbons (Fsp3) is 0.278. The monoisotopic (exact) mass is 377 g/mol. The minimum absolute atomic E-state index is 0.146. The molecule has 0 N–H and O–H groups in total. The van der Waals surface area contributed by atoms with E-state index < -0.39 is 11.4 Å². The fourth-order valence-corrected chi connectivity index (χ4v) is 3.30. The highest BCUT2D eigenvalue weighted by molar-refractivity contribution is 9.10. The summed E-state index contributed by atoms with van der Waals surface area (Å²) in [6.07, 6.45) is 0. The normalized spacial score (nSPS) is 15.7. The molecule has 0 atom stereocenters. The molecule has 0 saturated carbocycles. The molecule has 0 bridgehead atoms. The van der Waals surface area contributed by atoms with E-state index >= 15 is 0 Å². The summed E-state index contributed by atoms with van der Waals surface area (Å²) in [7, 11) is 1.62. The third kappa shape index (κ3) is 2.63. The summed E-state index contributed by atoms with van der Waals surface area (Å²) in [6.45, 7) is 4.42. The SMILES string of the molecule is COc1ccc(CN2C(=O)c3cc(F)c(Br)cc3C2(C)C)cc1. The maximum Gasteiger partial charge on any atom is 0.255 e.